The first-order valence-corrected chi connectivity index (χ1v) is 7.80. The maximum atomic E-state index is 11.8. The van der Waals surface area contributed by atoms with Crippen molar-refractivity contribution < 1.29 is 9.53 Å². The number of methoxy groups -OCH3 is 1. The number of hydrogen-bond donors (Lipinski definition) is 1. The van der Waals surface area contributed by atoms with Crippen LogP contribution in [0.5, 0.6) is 0 Å². The second kappa shape index (κ2) is 6.53. The molecule has 2 rings (SSSR count). The number of benzene rings is 1. The monoisotopic (exact) mass is 299 g/mol. The van der Waals surface area contributed by atoms with E-state index < -0.39 is 0 Å². The molecule has 0 amide bonds. The molecule has 0 radical (unpaired) electrons. The molecule has 2 atom stereocenters. The van der Waals surface area contributed by atoms with E-state index in [1.54, 1.807) is 12.1 Å². The van der Waals surface area contributed by atoms with Crippen LogP contribution in [-0.2, 0) is 4.74 Å². The molecular formula is C14H18ClNO2S. The highest BCUT2D eigenvalue weighted by Crippen LogP contribution is 2.30. The standard InChI is InChI=1S/C14H18ClNO2S/c1-9-12(4-3-7-19-9)16-13-6-5-10(15)8-11(13)14(17)18-2/h5-6,8-9,12,16H,3-4,7H2,1-2H3. The molecule has 1 aromatic carbocycles. The summed E-state index contributed by atoms with van der Waals surface area (Å²) in [6.45, 7) is 2.22. The molecule has 104 valence electrons. The summed E-state index contributed by atoms with van der Waals surface area (Å²) in [6, 6.07) is 5.66. The molecule has 5 heteroatoms. The summed E-state index contributed by atoms with van der Waals surface area (Å²) in [5.41, 5.74) is 1.30. The lowest BCUT2D eigenvalue weighted by atomic mass is 10.1. The SMILES string of the molecule is COC(=O)c1cc(Cl)ccc1NC1CCCSC1C. The molecule has 0 bridgehead atoms. The van der Waals surface area contributed by atoms with Crippen molar-refractivity contribution in [2.75, 3.05) is 18.2 Å². The van der Waals surface area contributed by atoms with Crippen LogP contribution in [0.15, 0.2) is 18.2 Å². The van der Waals surface area contributed by atoms with E-state index in [9.17, 15) is 4.79 Å². The molecule has 2 unspecified atom stereocenters. The third-order valence-electron chi connectivity index (χ3n) is 3.33. The fraction of sp³-hybridized carbons (Fsp3) is 0.500. The van der Waals surface area contributed by atoms with Gasteiger partial charge in [0.15, 0.2) is 0 Å². The summed E-state index contributed by atoms with van der Waals surface area (Å²) < 4.78 is 4.81. The van der Waals surface area contributed by atoms with E-state index in [-0.39, 0.29) is 5.97 Å². The first-order valence-electron chi connectivity index (χ1n) is 6.38. The number of carbonyl (C=O) groups excluding carboxylic acids is 1. The molecule has 1 heterocycles. The molecule has 0 spiro atoms. The van der Waals surface area contributed by atoms with Gasteiger partial charge >= 0.3 is 5.97 Å². The normalized spacial score (nSPS) is 22.9. The lowest BCUT2D eigenvalue weighted by Gasteiger charge is -2.30. The fourth-order valence-electron chi connectivity index (χ4n) is 2.23. The minimum Gasteiger partial charge on any atom is -0.465 e. The van der Waals surface area contributed by atoms with Gasteiger partial charge in [0.25, 0.3) is 0 Å². The third kappa shape index (κ3) is 3.57. The summed E-state index contributed by atoms with van der Waals surface area (Å²) in [7, 11) is 1.38. The highest BCUT2D eigenvalue weighted by atomic mass is 35.5. The zero-order chi connectivity index (χ0) is 13.8. The molecular weight excluding hydrogens is 282 g/mol. The van der Waals surface area contributed by atoms with E-state index in [0.717, 1.165) is 12.1 Å². The number of nitrogens with one attached hydrogen (secondary N) is 1. The largest absolute Gasteiger partial charge is 0.465 e. The molecule has 0 saturated carbocycles. The van der Waals surface area contributed by atoms with Crippen molar-refractivity contribution in [2.24, 2.45) is 0 Å². The molecule has 1 saturated heterocycles. The third-order valence-corrected chi connectivity index (χ3v) is 4.95. The summed E-state index contributed by atoms with van der Waals surface area (Å²) in [6.07, 6.45) is 2.32. The Bertz CT molecular complexity index is 467. The molecule has 1 aliphatic heterocycles. The number of thioether (sulfide) groups is 1. The van der Waals surface area contributed by atoms with Gasteiger partial charge in [0.05, 0.1) is 12.7 Å². The second-order valence-electron chi connectivity index (χ2n) is 4.65. The van der Waals surface area contributed by atoms with Crippen LogP contribution in [0.2, 0.25) is 5.02 Å². The second-order valence-corrected chi connectivity index (χ2v) is 6.57. The zero-order valence-electron chi connectivity index (χ0n) is 11.1. The summed E-state index contributed by atoms with van der Waals surface area (Å²) in [4.78, 5) is 11.8. The Morgan fingerprint density at radius 3 is 3.00 bits per heavy atom. The van der Waals surface area contributed by atoms with Gasteiger partial charge in [-0.05, 0) is 36.8 Å². The Kier molecular flexibility index (Phi) is 4.99. The zero-order valence-corrected chi connectivity index (χ0v) is 12.7. The predicted octanol–water partition coefficient (Wildman–Crippen LogP) is 3.82. The fourth-order valence-corrected chi connectivity index (χ4v) is 3.55. The molecule has 1 N–H and O–H groups in total. The Balaban J connectivity index is 2.21. The van der Waals surface area contributed by atoms with Crippen LogP contribution in [0.4, 0.5) is 5.69 Å². The van der Waals surface area contributed by atoms with E-state index in [4.69, 9.17) is 16.3 Å². The van der Waals surface area contributed by atoms with Crippen molar-refractivity contribution in [2.45, 2.75) is 31.1 Å². The van der Waals surface area contributed by atoms with Gasteiger partial charge in [-0.2, -0.15) is 11.8 Å². The van der Waals surface area contributed by atoms with Gasteiger partial charge in [-0.15, -0.1) is 0 Å². The molecule has 1 fully saturated rings. The van der Waals surface area contributed by atoms with Crippen molar-refractivity contribution in [1.29, 1.82) is 0 Å². The van der Waals surface area contributed by atoms with E-state index in [2.05, 4.69) is 12.2 Å². The number of ether oxygens (including phenoxy) is 1. The average Bonchev–Trinajstić information content (AvgIpc) is 2.42. The molecule has 3 nitrogen and oxygen atoms in total. The average molecular weight is 300 g/mol. The number of halogens is 1. The van der Waals surface area contributed by atoms with Crippen LogP contribution in [0, 0.1) is 0 Å². The van der Waals surface area contributed by atoms with Crippen LogP contribution >= 0.6 is 23.4 Å². The minimum atomic E-state index is -0.360. The van der Waals surface area contributed by atoms with Gasteiger partial charge in [0.2, 0.25) is 0 Å². The van der Waals surface area contributed by atoms with Gasteiger partial charge < -0.3 is 10.1 Å². The highest BCUT2D eigenvalue weighted by molar-refractivity contribution is 8.00. The van der Waals surface area contributed by atoms with E-state index in [1.807, 2.05) is 17.8 Å². The smallest absolute Gasteiger partial charge is 0.340 e. The van der Waals surface area contributed by atoms with Gasteiger partial charge in [0.1, 0.15) is 0 Å². The number of rotatable bonds is 3. The van der Waals surface area contributed by atoms with Crippen LogP contribution in [0.25, 0.3) is 0 Å². The van der Waals surface area contributed by atoms with Gasteiger partial charge in [0, 0.05) is 22.0 Å². The molecule has 1 aliphatic rings. The minimum absolute atomic E-state index is 0.360. The Morgan fingerprint density at radius 1 is 1.53 bits per heavy atom. The van der Waals surface area contributed by atoms with Gasteiger partial charge in [-0.1, -0.05) is 18.5 Å². The highest BCUT2D eigenvalue weighted by Gasteiger charge is 2.23. The number of anilines is 1. The van der Waals surface area contributed by atoms with E-state index in [1.165, 1.54) is 19.3 Å². The van der Waals surface area contributed by atoms with Crippen molar-refractivity contribution in [3.63, 3.8) is 0 Å². The number of carbonyl (C=O) groups is 1. The molecule has 0 aliphatic carbocycles. The van der Waals surface area contributed by atoms with Crippen molar-refractivity contribution in [3.05, 3.63) is 28.8 Å². The maximum Gasteiger partial charge on any atom is 0.340 e. The number of esters is 1. The lowest BCUT2D eigenvalue weighted by molar-refractivity contribution is 0.0602. The van der Waals surface area contributed by atoms with Crippen LogP contribution in [0.1, 0.15) is 30.1 Å². The Labute approximate surface area is 123 Å². The van der Waals surface area contributed by atoms with Gasteiger partial charge in [-0.3, -0.25) is 0 Å². The quantitative estimate of drug-likeness (QED) is 0.861. The van der Waals surface area contributed by atoms with Crippen LogP contribution < -0.4 is 5.32 Å². The molecule has 0 aromatic heterocycles. The maximum absolute atomic E-state index is 11.8. The van der Waals surface area contributed by atoms with E-state index >= 15 is 0 Å². The van der Waals surface area contributed by atoms with Crippen LogP contribution in [0.3, 0.4) is 0 Å². The molecule has 1 aromatic rings. The van der Waals surface area contributed by atoms with Gasteiger partial charge in [-0.25, -0.2) is 4.79 Å². The predicted molar refractivity (Wildman–Crippen MR) is 81.4 cm³/mol. The van der Waals surface area contributed by atoms with Crippen molar-refractivity contribution in [3.8, 4) is 0 Å². The topological polar surface area (TPSA) is 38.3 Å². The van der Waals surface area contributed by atoms with E-state index in [0.29, 0.717) is 21.9 Å². The number of hydrogen-bond acceptors (Lipinski definition) is 4. The lowest BCUT2D eigenvalue weighted by Crippen LogP contribution is -2.33. The first kappa shape index (κ1) is 14.5. The summed E-state index contributed by atoms with van der Waals surface area (Å²) in [5, 5.41) is 4.54. The summed E-state index contributed by atoms with van der Waals surface area (Å²) >= 11 is 7.91. The van der Waals surface area contributed by atoms with Crippen molar-refractivity contribution in [1.82, 2.24) is 0 Å². The van der Waals surface area contributed by atoms with Crippen molar-refractivity contribution >= 4 is 35.0 Å². The first-order chi connectivity index (χ1) is 9.11. The Morgan fingerprint density at radius 2 is 2.32 bits per heavy atom. The Hall–Kier alpha value is -0.870. The molecule has 19 heavy (non-hydrogen) atoms. The summed E-state index contributed by atoms with van der Waals surface area (Å²) in [5.74, 6) is 0.852. The van der Waals surface area contributed by atoms with Crippen LogP contribution in [-0.4, -0.2) is 30.1 Å².